The van der Waals surface area contributed by atoms with Crippen LogP contribution in [0.3, 0.4) is 0 Å². The van der Waals surface area contributed by atoms with E-state index < -0.39 is 12.2 Å². The SMILES string of the molecule is O=C1CC[C@@H](OCc2ccccc2)[C@H](OCc2ccccc2)[C@H]1OCc1ccccc1. The number of ketones is 1. The van der Waals surface area contributed by atoms with Gasteiger partial charge in [-0.15, -0.1) is 0 Å². The highest BCUT2D eigenvalue weighted by Gasteiger charge is 2.41. The fraction of sp³-hybridized carbons (Fsp3) is 0.296. The summed E-state index contributed by atoms with van der Waals surface area (Å²) in [5.74, 6) is 0.0774. The van der Waals surface area contributed by atoms with Crippen LogP contribution in [0.4, 0.5) is 0 Å². The van der Waals surface area contributed by atoms with Gasteiger partial charge in [-0.3, -0.25) is 4.79 Å². The topological polar surface area (TPSA) is 44.8 Å². The monoisotopic (exact) mass is 416 g/mol. The van der Waals surface area contributed by atoms with Gasteiger partial charge in [0.2, 0.25) is 0 Å². The van der Waals surface area contributed by atoms with Crippen molar-refractivity contribution in [3.8, 4) is 0 Å². The molecule has 0 aliphatic heterocycles. The minimum Gasteiger partial charge on any atom is -0.371 e. The molecule has 4 rings (SSSR count). The smallest absolute Gasteiger partial charge is 0.164 e. The zero-order chi connectivity index (χ0) is 21.3. The highest BCUT2D eigenvalue weighted by molar-refractivity contribution is 5.84. The summed E-state index contributed by atoms with van der Waals surface area (Å²) >= 11 is 0. The van der Waals surface area contributed by atoms with Gasteiger partial charge in [-0.1, -0.05) is 91.0 Å². The van der Waals surface area contributed by atoms with Crippen LogP contribution in [-0.4, -0.2) is 24.1 Å². The molecule has 0 N–H and O–H groups in total. The molecule has 160 valence electrons. The molecule has 4 heteroatoms. The second-order valence-electron chi connectivity index (χ2n) is 7.82. The van der Waals surface area contributed by atoms with Gasteiger partial charge in [0.25, 0.3) is 0 Å². The van der Waals surface area contributed by atoms with E-state index in [1.807, 2.05) is 91.0 Å². The van der Waals surface area contributed by atoms with Crippen LogP contribution in [-0.2, 0) is 38.8 Å². The minimum absolute atomic E-state index is 0.0774. The van der Waals surface area contributed by atoms with Gasteiger partial charge < -0.3 is 14.2 Å². The second-order valence-corrected chi connectivity index (χ2v) is 7.82. The summed E-state index contributed by atoms with van der Waals surface area (Å²) in [5.41, 5.74) is 3.19. The van der Waals surface area contributed by atoms with Crippen LogP contribution in [0.2, 0.25) is 0 Å². The molecule has 0 spiro atoms. The Hall–Kier alpha value is -2.79. The summed E-state index contributed by atoms with van der Waals surface area (Å²) in [6, 6.07) is 29.9. The average molecular weight is 417 g/mol. The fourth-order valence-electron chi connectivity index (χ4n) is 3.83. The normalized spacial score (nSPS) is 21.2. The lowest BCUT2D eigenvalue weighted by molar-refractivity contribution is -0.179. The van der Waals surface area contributed by atoms with E-state index in [-0.39, 0.29) is 11.9 Å². The lowest BCUT2D eigenvalue weighted by Gasteiger charge is -2.36. The summed E-state index contributed by atoms with van der Waals surface area (Å²) < 4.78 is 18.6. The highest BCUT2D eigenvalue weighted by atomic mass is 16.6. The van der Waals surface area contributed by atoms with Crippen LogP contribution in [0.1, 0.15) is 29.5 Å². The molecule has 0 heterocycles. The first kappa shape index (κ1) is 21.4. The Labute approximate surface area is 183 Å². The van der Waals surface area contributed by atoms with Crippen LogP contribution in [0.15, 0.2) is 91.0 Å². The Morgan fingerprint density at radius 3 is 1.58 bits per heavy atom. The summed E-state index contributed by atoms with van der Waals surface area (Å²) in [6.45, 7) is 1.26. The van der Waals surface area contributed by atoms with Gasteiger partial charge >= 0.3 is 0 Å². The molecule has 4 nitrogen and oxygen atoms in total. The summed E-state index contributed by atoms with van der Waals surface area (Å²) in [7, 11) is 0. The number of rotatable bonds is 9. The number of hydrogen-bond acceptors (Lipinski definition) is 4. The minimum atomic E-state index is -0.640. The predicted octanol–water partition coefficient (Wildman–Crippen LogP) is 5.11. The van der Waals surface area contributed by atoms with E-state index in [0.717, 1.165) is 16.7 Å². The Kier molecular flexibility index (Phi) is 7.61. The van der Waals surface area contributed by atoms with Gasteiger partial charge in [-0.25, -0.2) is 0 Å². The van der Waals surface area contributed by atoms with E-state index in [0.29, 0.717) is 32.7 Å². The van der Waals surface area contributed by atoms with E-state index in [2.05, 4.69) is 0 Å². The van der Waals surface area contributed by atoms with Crippen molar-refractivity contribution in [1.82, 2.24) is 0 Å². The van der Waals surface area contributed by atoms with E-state index in [1.54, 1.807) is 0 Å². The molecule has 0 amide bonds. The molecule has 1 aliphatic rings. The van der Waals surface area contributed by atoms with Crippen molar-refractivity contribution < 1.29 is 19.0 Å². The molecule has 0 saturated heterocycles. The molecular formula is C27H28O4. The first-order valence-electron chi connectivity index (χ1n) is 10.8. The molecule has 3 atom stereocenters. The maximum Gasteiger partial charge on any atom is 0.164 e. The summed E-state index contributed by atoms with van der Waals surface area (Å²) in [6.07, 6.45) is -0.227. The number of carbonyl (C=O) groups excluding carboxylic acids is 1. The quantitative estimate of drug-likeness (QED) is 0.487. The van der Waals surface area contributed by atoms with Gasteiger partial charge in [0.15, 0.2) is 5.78 Å². The molecule has 0 aromatic heterocycles. The number of benzene rings is 3. The van der Waals surface area contributed by atoms with E-state index in [9.17, 15) is 4.79 Å². The first-order chi connectivity index (χ1) is 15.3. The van der Waals surface area contributed by atoms with Crippen molar-refractivity contribution in [2.75, 3.05) is 0 Å². The number of carbonyl (C=O) groups is 1. The Morgan fingerprint density at radius 1 is 0.613 bits per heavy atom. The van der Waals surface area contributed by atoms with Crippen molar-refractivity contribution in [3.05, 3.63) is 108 Å². The third-order valence-corrected chi connectivity index (χ3v) is 5.52. The molecule has 0 bridgehead atoms. The maximum absolute atomic E-state index is 12.8. The Bertz CT molecular complexity index is 927. The zero-order valence-corrected chi connectivity index (χ0v) is 17.6. The van der Waals surface area contributed by atoms with Crippen molar-refractivity contribution >= 4 is 5.78 Å². The maximum atomic E-state index is 12.8. The lowest BCUT2D eigenvalue weighted by Crippen LogP contribution is -2.50. The zero-order valence-electron chi connectivity index (χ0n) is 17.6. The van der Waals surface area contributed by atoms with Crippen molar-refractivity contribution in [2.24, 2.45) is 0 Å². The fourth-order valence-corrected chi connectivity index (χ4v) is 3.83. The van der Waals surface area contributed by atoms with Crippen LogP contribution in [0.25, 0.3) is 0 Å². The summed E-state index contributed by atoms with van der Waals surface area (Å²) in [4.78, 5) is 12.8. The van der Waals surface area contributed by atoms with Gasteiger partial charge in [0.1, 0.15) is 12.2 Å². The standard InChI is InChI=1S/C27H28O4/c28-24-16-17-25(29-18-21-10-4-1-5-11-21)27(31-20-23-14-8-3-9-15-23)26(24)30-19-22-12-6-2-7-13-22/h1-15,25-27H,16-20H2/t25-,26+,27+/m1/s1. The van der Waals surface area contributed by atoms with Crippen LogP contribution < -0.4 is 0 Å². The summed E-state index contributed by atoms with van der Waals surface area (Å²) in [5, 5.41) is 0. The average Bonchev–Trinajstić information content (AvgIpc) is 2.83. The number of ether oxygens (including phenoxy) is 3. The molecule has 0 radical (unpaired) electrons. The van der Waals surface area contributed by atoms with Gasteiger partial charge in [0, 0.05) is 6.42 Å². The third-order valence-electron chi connectivity index (χ3n) is 5.52. The molecule has 1 fully saturated rings. The number of hydrogen-bond donors (Lipinski definition) is 0. The van der Waals surface area contributed by atoms with Crippen molar-refractivity contribution in [3.63, 3.8) is 0 Å². The van der Waals surface area contributed by atoms with Gasteiger partial charge in [-0.2, -0.15) is 0 Å². The molecule has 3 aromatic carbocycles. The molecular weight excluding hydrogens is 388 g/mol. The van der Waals surface area contributed by atoms with Crippen LogP contribution in [0, 0.1) is 0 Å². The third kappa shape index (κ3) is 6.11. The van der Waals surface area contributed by atoms with Gasteiger partial charge in [0.05, 0.1) is 25.9 Å². The van der Waals surface area contributed by atoms with Crippen LogP contribution >= 0.6 is 0 Å². The lowest BCUT2D eigenvalue weighted by atomic mass is 9.90. The predicted molar refractivity (Wildman–Crippen MR) is 119 cm³/mol. The van der Waals surface area contributed by atoms with E-state index in [1.165, 1.54) is 0 Å². The largest absolute Gasteiger partial charge is 0.371 e. The van der Waals surface area contributed by atoms with Crippen molar-refractivity contribution in [1.29, 1.82) is 0 Å². The Morgan fingerprint density at radius 2 is 1.06 bits per heavy atom. The second kappa shape index (κ2) is 11.0. The highest BCUT2D eigenvalue weighted by Crippen LogP contribution is 2.27. The molecule has 1 saturated carbocycles. The first-order valence-corrected chi connectivity index (χ1v) is 10.8. The van der Waals surface area contributed by atoms with Crippen molar-refractivity contribution in [2.45, 2.75) is 51.0 Å². The Balaban J connectivity index is 1.47. The molecule has 3 aromatic rings. The molecule has 1 aliphatic carbocycles. The molecule has 0 unspecified atom stereocenters. The van der Waals surface area contributed by atoms with Gasteiger partial charge in [-0.05, 0) is 23.1 Å². The van der Waals surface area contributed by atoms with E-state index in [4.69, 9.17) is 14.2 Å². The van der Waals surface area contributed by atoms with Crippen LogP contribution in [0.5, 0.6) is 0 Å². The van der Waals surface area contributed by atoms with E-state index >= 15 is 0 Å². The molecule has 31 heavy (non-hydrogen) atoms. The number of Topliss-reactive ketones (excluding diaryl/α,β-unsaturated/α-hetero) is 1.